The van der Waals surface area contributed by atoms with Crippen molar-refractivity contribution >= 4 is 28.6 Å². The van der Waals surface area contributed by atoms with Crippen LogP contribution in [0, 0.1) is 12.7 Å². The minimum Gasteiger partial charge on any atom is -0.496 e. The molecule has 0 radical (unpaired) electrons. The summed E-state index contributed by atoms with van der Waals surface area (Å²) in [5.41, 5.74) is 4.41. The summed E-state index contributed by atoms with van der Waals surface area (Å²) in [6, 6.07) is 20.7. The number of benzene rings is 3. The number of ether oxygens (including phenoxy) is 1. The first-order valence-electron chi connectivity index (χ1n) is 13.4. The molecule has 0 aliphatic heterocycles. The minimum absolute atomic E-state index is 0.0918. The van der Waals surface area contributed by atoms with E-state index in [2.05, 4.69) is 10.3 Å². The molecule has 1 aliphatic carbocycles. The average Bonchev–Trinajstić information content (AvgIpc) is 3.76. The third-order valence-corrected chi connectivity index (χ3v) is 7.36. The SMILES string of the molecule is CNC(=O)c1c(-c2ccc(F)cc2)oc2ccc(-c3cc(C(=O)N(c4ccccn4)C4CC4)c(OC)cc3C)cc12. The minimum atomic E-state index is -0.378. The number of halogens is 1. The molecule has 6 rings (SSSR count). The van der Waals surface area contributed by atoms with Gasteiger partial charge in [0.05, 0.1) is 18.2 Å². The number of furan rings is 1. The summed E-state index contributed by atoms with van der Waals surface area (Å²) in [5.74, 6) is 0.558. The number of carbonyl (C=O) groups excluding carboxylic acids is 2. The predicted octanol–water partition coefficient (Wildman–Crippen LogP) is 6.79. The number of hydrogen-bond acceptors (Lipinski definition) is 5. The van der Waals surface area contributed by atoms with Crippen molar-refractivity contribution in [1.82, 2.24) is 10.3 Å². The topological polar surface area (TPSA) is 84.7 Å². The van der Waals surface area contributed by atoms with Crippen molar-refractivity contribution < 1.29 is 23.1 Å². The van der Waals surface area contributed by atoms with Crippen molar-refractivity contribution in [3.63, 3.8) is 0 Å². The second-order valence-electron chi connectivity index (χ2n) is 10.1. The highest BCUT2D eigenvalue weighted by Crippen LogP contribution is 2.39. The molecular weight excluding hydrogens is 521 g/mol. The normalized spacial score (nSPS) is 12.8. The zero-order valence-corrected chi connectivity index (χ0v) is 22.9. The predicted molar refractivity (Wildman–Crippen MR) is 156 cm³/mol. The van der Waals surface area contributed by atoms with Crippen LogP contribution in [0.2, 0.25) is 0 Å². The summed E-state index contributed by atoms with van der Waals surface area (Å²) in [5, 5.41) is 3.30. The lowest BCUT2D eigenvalue weighted by atomic mass is 9.95. The molecule has 0 atom stereocenters. The van der Waals surface area contributed by atoms with Gasteiger partial charge in [0.2, 0.25) is 0 Å². The Kier molecular flexibility index (Phi) is 6.75. The number of rotatable bonds is 7. The maximum Gasteiger partial charge on any atom is 0.263 e. The van der Waals surface area contributed by atoms with E-state index in [1.807, 2.05) is 49.4 Å². The largest absolute Gasteiger partial charge is 0.496 e. The van der Waals surface area contributed by atoms with Gasteiger partial charge in [-0.1, -0.05) is 12.1 Å². The van der Waals surface area contributed by atoms with Gasteiger partial charge < -0.3 is 14.5 Å². The van der Waals surface area contributed by atoms with E-state index < -0.39 is 0 Å². The van der Waals surface area contributed by atoms with E-state index >= 15 is 0 Å². The number of amides is 2. The first kappa shape index (κ1) is 26.3. The molecule has 0 spiro atoms. The average molecular weight is 550 g/mol. The zero-order chi connectivity index (χ0) is 28.7. The smallest absolute Gasteiger partial charge is 0.263 e. The van der Waals surface area contributed by atoms with Gasteiger partial charge in [0, 0.05) is 30.2 Å². The maximum absolute atomic E-state index is 14.0. The number of pyridine rings is 1. The third kappa shape index (κ3) is 4.82. The molecule has 2 amide bonds. The fourth-order valence-electron chi connectivity index (χ4n) is 5.16. The van der Waals surface area contributed by atoms with Gasteiger partial charge in [0.25, 0.3) is 11.8 Å². The molecule has 1 N–H and O–H groups in total. The molecule has 41 heavy (non-hydrogen) atoms. The van der Waals surface area contributed by atoms with Crippen molar-refractivity contribution in [2.45, 2.75) is 25.8 Å². The van der Waals surface area contributed by atoms with E-state index in [-0.39, 0.29) is 23.7 Å². The molecule has 7 nitrogen and oxygen atoms in total. The highest BCUT2D eigenvalue weighted by molar-refractivity contribution is 6.12. The van der Waals surface area contributed by atoms with E-state index in [1.54, 1.807) is 43.5 Å². The molecule has 0 saturated heterocycles. The fraction of sp³-hybridized carbons (Fsp3) is 0.182. The summed E-state index contributed by atoms with van der Waals surface area (Å²) in [7, 11) is 3.11. The lowest BCUT2D eigenvalue weighted by molar-refractivity contribution is 0.0961. The molecular formula is C33H28FN3O4. The summed E-state index contributed by atoms with van der Waals surface area (Å²) >= 11 is 0. The lowest BCUT2D eigenvalue weighted by Crippen LogP contribution is -2.34. The van der Waals surface area contributed by atoms with Gasteiger partial charge in [-0.3, -0.25) is 14.5 Å². The molecule has 3 aromatic carbocycles. The summed E-state index contributed by atoms with van der Waals surface area (Å²) in [6.45, 7) is 1.95. The molecule has 0 bridgehead atoms. The Morgan fingerprint density at radius 2 is 1.78 bits per heavy atom. The number of nitrogens with one attached hydrogen (secondary N) is 1. The third-order valence-electron chi connectivity index (χ3n) is 7.36. The maximum atomic E-state index is 14.0. The Bertz CT molecular complexity index is 1780. The Morgan fingerprint density at radius 1 is 1.02 bits per heavy atom. The molecule has 1 aliphatic rings. The molecule has 5 aromatic rings. The van der Waals surface area contributed by atoms with E-state index in [0.717, 1.165) is 29.5 Å². The molecule has 2 aromatic heterocycles. The van der Waals surface area contributed by atoms with Crippen LogP contribution in [0.3, 0.4) is 0 Å². The highest BCUT2D eigenvalue weighted by Gasteiger charge is 2.36. The highest BCUT2D eigenvalue weighted by atomic mass is 19.1. The van der Waals surface area contributed by atoms with Gasteiger partial charge in [-0.05, 0) is 97.1 Å². The standard InChI is InChI=1S/C33H28FN3O4/c1-19-16-28(40-3)26(33(39)37(23-12-13-23)29-6-4-5-15-36-29)18-24(19)21-9-14-27-25(17-21)30(32(38)35-2)31(41-27)20-7-10-22(34)11-8-20/h4-11,14-18,23H,12-13H2,1-3H3,(H,35,38). The molecule has 1 saturated carbocycles. The van der Waals surface area contributed by atoms with Crippen LogP contribution in [0.1, 0.15) is 39.1 Å². The summed E-state index contributed by atoms with van der Waals surface area (Å²) in [6.07, 6.45) is 3.51. The number of carbonyl (C=O) groups is 2. The van der Waals surface area contributed by atoms with Crippen LogP contribution >= 0.6 is 0 Å². The van der Waals surface area contributed by atoms with Gasteiger partial charge in [-0.2, -0.15) is 0 Å². The van der Waals surface area contributed by atoms with Crippen LogP contribution in [0.15, 0.2) is 83.4 Å². The molecule has 206 valence electrons. The second-order valence-corrected chi connectivity index (χ2v) is 10.1. The Labute approximate surface area is 236 Å². The van der Waals surface area contributed by atoms with Gasteiger partial charge in [0.1, 0.15) is 28.7 Å². The van der Waals surface area contributed by atoms with Gasteiger partial charge in [0.15, 0.2) is 0 Å². The lowest BCUT2D eigenvalue weighted by Gasteiger charge is -2.23. The van der Waals surface area contributed by atoms with Crippen molar-refractivity contribution in [1.29, 1.82) is 0 Å². The van der Waals surface area contributed by atoms with Crippen molar-refractivity contribution in [2.75, 3.05) is 19.1 Å². The van der Waals surface area contributed by atoms with Crippen LogP contribution in [-0.2, 0) is 0 Å². The van der Waals surface area contributed by atoms with E-state index in [9.17, 15) is 14.0 Å². The Morgan fingerprint density at radius 3 is 2.44 bits per heavy atom. The zero-order valence-electron chi connectivity index (χ0n) is 22.9. The second kappa shape index (κ2) is 10.5. The molecule has 2 heterocycles. The quantitative estimate of drug-likeness (QED) is 0.242. The number of nitrogens with zero attached hydrogens (tertiary/aromatic N) is 2. The summed E-state index contributed by atoms with van der Waals surface area (Å²) in [4.78, 5) is 33.2. The van der Waals surface area contributed by atoms with Gasteiger partial charge in [-0.15, -0.1) is 0 Å². The molecule has 0 unspecified atom stereocenters. The molecule has 8 heteroatoms. The number of aromatic nitrogens is 1. The fourth-order valence-corrected chi connectivity index (χ4v) is 5.16. The van der Waals surface area contributed by atoms with E-state index in [1.165, 1.54) is 12.1 Å². The van der Waals surface area contributed by atoms with Crippen molar-refractivity contribution in [3.8, 4) is 28.2 Å². The first-order chi connectivity index (χ1) is 19.9. The molecule has 1 fully saturated rings. The first-order valence-corrected chi connectivity index (χ1v) is 13.4. The number of hydrogen-bond donors (Lipinski definition) is 1. The van der Waals surface area contributed by atoms with Crippen LogP contribution in [0.5, 0.6) is 5.75 Å². The van der Waals surface area contributed by atoms with Crippen LogP contribution in [0.25, 0.3) is 33.4 Å². The number of anilines is 1. The van der Waals surface area contributed by atoms with E-state index in [4.69, 9.17) is 9.15 Å². The monoisotopic (exact) mass is 549 g/mol. The van der Waals surface area contributed by atoms with Gasteiger partial charge >= 0.3 is 0 Å². The van der Waals surface area contributed by atoms with E-state index in [0.29, 0.717) is 45.0 Å². The summed E-state index contributed by atoms with van der Waals surface area (Å²) < 4.78 is 25.4. The van der Waals surface area contributed by atoms with Crippen molar-refractivity contribution in [3.05, 3.63) is 102 Å². The van der Waals surface area contributed by atoms with Crippen LogP contribution in [0.4, 0.5) is 10.2 Å². The Hall–Kier alpha value is -4.98. The van der Waals surface area contributed by atoms with Gasteiger partial charge in [-0.25, -0.2) is 9.37 Å². The Balaban J connectivity index is 1.48. The number of aryl methyl sites for hydroxylation is 1. The van der Waals surface area contributed by atoms with Crippen molar-refractivity contribution in [2.24, 2.45) is 0 Å². The number of methoxy groups -OCH3 is 1. The van der Waals surface area contributed by atoms with Crippen LogP contribution < -0.4 is 15.0 Å². The number of fused-ring (bicyclic) bond motifs is 1. The van der Waals surface area contributed by atoms with Crippen LogP contribution in [-0.4, -0.2) is 37.0 Å².